The van der Waals surface area contributed by atoms with Gasteiger partial charge in [-0.25, -0.2) is 9.97 Å². The minimum absolute atomic E-state index is 0.147. The summed E-state index contributed by atoms with van der Waals surface area (Å²) in [5.41, 5.74) is 3.82. The van der Waals surface area contributed by atoms with Gasteiger partial charge < -0.3 is 10.6 Å². The summed E-state index contributed by atoms with van der Waals surface area (Å²) in [6.45, 7) is 4.18. The third-order valence-electron chi connectivity index (χ3n) is 3.79. The number of para-hydroxylation sites is 1. The molecule has 1 heterocycles. The van der Waals surface area contributed by atoms with Crippen LogP contribution in [0.25, 0.3) is 0 Å². The summed E-state index contributed by atoms with van der Waals surface area (Å²) >= 11 is 0. The summed E-state index contributed by atoms with van der Waals surface area (Å²) in [7, 11) is 0. The van der Waals surface area contributed by atoms with Crippen molar-refractivity contribution in [3.8, 4) is 0 Å². The summed E-state index contributed by atoms with van der Waals surface area (Å²) in [5, 5.41) is 6.21. The average Bonchev–Trinajstić information content (AvgIpc) is 3.34. The first-order valence-electron chi connectivity index (χ1n) is 7.65. The quantitative estimate of drug-likeness (QED) is 0.890. The van der Waals surface area contributed by atoms with Crippen LogP contribution < -0.4 is 10.6 Å². The molecule has 1 fully saturated rings. The highest BCUT2D eigenvalue weighted by molar-refractivity contribution is 5.92. The van der Waals surface area contributed by atoms with Crippen LogP contribution in [0.2, 0.25) is 0 Å². The molecule has 1 aliphatic rings. The summed E-state index contributed by atoms with van der Waals surface area (Å²) < 4.78 is 0. The summed E-state index contributed by atoms with van der Waals surface area (Å²) in [4.78, 5) is 20.4. The third-order valence-corrected chi connectivity index (χ3v) is 3.79. The summed E-state index contributed by atoms with van der Waals surface area (Å²) in [6, 6.07) is 6.54. The number of carbonyl (C=O) groups excluding carboxylic acids is 1. The maximum Gasteiger partial charge on any atom is 0.271 e. The van der Waals surface area contributed by atoms with Crippen molar-refractivity contribution in [1.82, 2.24) is 15.3 Å². The molecule has 0 unspecified atom stereocenters. The lowest BCUT2D eigenvalue weighted by molar-refractivity contribution is 0.0945. The molecule has 5 heteroatoms. The van der Waals surface area contributed by atoms with Crippen LogP contribution in [0.1, 0.15) is 41.4 Å². The standard InChI is InChI=1S/C17H20N4O/c1-3-12-6-4-5-11(2)16(12)21-15-10-18-14(9-19-15)17(22)20-13-7-8-13/h4-6,9-10,13H,3,7-8H2,1-2H3,(H,19,21)(H,20,22). The first-order chi connectivity index (χ1) is 10.7. The number of amides is 1. The van der Waals surface area contributed by atoms with Gasteiger partial charge in [-0.05, 0) is 37.3 Å². The van der Waals surface area contributed by atoms with Crippen LogP contribution in [0, 0.1) is 6.92 Å². The molecule has 114 valence electrons. The van der Waals surface area contributed by atoms with E-state index >= 15 is 0 Å². The zero-order valence-corrected chi connectivity index (χ0v) is 12.9. The fraction of sp³-hybridized carbons (Fsp3) is 0.353. The molecule has 1 amide bonds. The van der Waals surface area contributed by atoms with Gasteiger partial charge in [0.1, 0.15) is 11.5 Å². The summed E-state index contributed by atoms with van der Waals surface area (Å²) in [6.07, 6.45) is 6.19. The number of nitrogens with one attached hydrogen (secondary N) is 2. The lowest BCUT2D eigenvalue weighted by atomic mass is 10.1. The molecule has 0 radical (unpaired) electrons. The molecule has 0 saturated heterocycles. The van der Waals surface area contributed by atoms with E-state index in [1.54, 1.807) is 6.20 Å². The van der Waals surface area contributed by atoms with Crippen LogP contribution in [0.15, 0.2) is 30.6 Å². The first kappa shape index (κ1) is 14.5. The van der Waals surface area contributed by atoms with Crippen LogP contribution in [-0.4, -0.2) is 21.9 Å². The number of hydrogen-bond acceptors (Lipinski definition) is 4. The maximum atomic E-state index is 11.9. The number of hydrogen-bond donors (Lipinski definition) is 2. The fourth-order valence-electron chi connectivity index (χ4n) is 2.33. The Balaban J connectivity index is 1.74. The third kappa shape index (κ3) is 3.24. The number of rotatable bonds is 5. The second kappa shape index (κ2) is 6.13. The topological polar surface area (TPSA) is 66.9 Å². The van der Waals surface area contributed by atoms with Gasteiger partial charge in [-0.15, -0.1) is 0 Å². The maximum absolute atomic E-state index is 11.9. The van der Waals surface area contributed by atoms with Crippen LogP contribution >= 0.6 is 0 Å². The van der Waals surface area contributed by atoms with Gasteiger partial charge in [0.05, 0.1) is 12.4 Å². The van der Waals surface area contributed by atoms with E-state index in [0.717, 1.165) is 30.5 Å². The van der Waals surface area contributed by atoms with E-state index in [1.807, 2.05) is 0 Å². The van der Waals surface area contributed by atoms with Crippen molar-refractivity contribution in [2.45, 2.75) is 39.2 Å². The molecule has 0 atom stereocenters. The van der Waals surface area contributed by atoms with Crippen molar-refractivity contribution >= 4 is 17.4 Å². The summed E-state index contributed by atoms with van der Waals surface area (Å²) in [5.74, 6) is 0.499. The van der Waals surface area contributed by atoms with Crippen molar-refractivity contribution in [2.24, 2.45) is 0 Å². The molecule has 1 saturated carbocycles. The van der Waals surface area contributed by atoms with Crippen LogP contribution in [-0.2, 0) is 6.42 Å². The Morgan fingerprint density at radius 3 is 2.73 bits per heavy atom. The zero-order valence-electron chi connectivity index (χ0n) is 12.9. The largest absolute Gasteiger partial charge is 0.348 e. The molecule has 0 aliphatic heterocycles. The Hall–Kier alpha value is -2.43. The average molecular weight is 296 g/mol. The van der Waals surface area contributed by atoms with Crippen LogP contribution in [0.5, 0.6) is 0 Å². The minimum Gasteiger partial charge on any atom is -0.348 e. The number of aryl methyl sites for hydroxylation is 2. The predicted molar refractivity (Wildman–Crippen MR) is 86.4 cm³/mol. The normalized spacial score (nSPS) is 13.7. The SMILES string of the molecule is CCc1cccc(C)c1Nc1cnc(C(=O)NC2CC2)cn1. The van der Waals surface area contributed by atoms with Gasteiger partial charge in [-0.1, -0.05) is 25.1 Å². The molecule has 3 rings (SSSR count). The molecule has 2 N–H and O–H groups in total. The molecule has 5 nitrogen and oxygen atoms in total. The smallest absolute Gasteiger partial charge is 0.271 e. The molecule has 1 aromatic heterocycles. The molecular formula is C17H20N4O. The monoisotopic (exact) mass is 296 g/mol. The number of nitrogens with zero attached hydrogens (tertiary/aromatic N) is 2. The Morgan fingerprint density at radius 2 is 2.09 bits per heavy atom. The van der Waals surface area contributed by atoms with E-state index in [0.29, 0.717) is 17.6 Å². The van der Waals surface area contributed by atoms with E-state index in [2.05, 4.69) is 52.6 Å². The Morgan fingerprint density at radius 1 is 1.27 bits per heavy atom. The molecular weight excluding hydrogens is 276 g/mol. The van der Waals surface area contributed by atoms with E-state index < -0.39 is 0 Å². The molecule has 0 spiro atoms. The Labute approximate surface area is 130 Å². The lowest BCUT2D eigenvalue weighted by Crippen LogP contribution is -2.26. The van der Waals surface area contributed by atoms with Crippen molar-refractivity contribution in [3.05, 3.63) is 47.4 Å². The van der Waals surface area contributed by atoms with Crippen molar-refractivity contribution in [2.75, 3.05) is 5.32 Å². The number of aromatic nitrogens is 2. The van der Waals surface area contributed by atoms with Gasteiger partial charge in [0.25, 0.3) is 5.91 Å². The Kier molecular flexibility index (Phi) is 4.04. The molecule has 22 heavy (non-hydrogen) atoms. The van der Waals surface area contributed by atoms with Crippen molar-refractivity contribution in [3.63, 3.8) is 0 Å². The predicted octanol–water partition coefficient (Wildman–Crippen LogP) is 2.98. The highest BCUT2D eigenvalue weighted by Gasteiger charge is 2.24. The highest BCUT2D eigenvalue weighted by atomic mass is 16.2. The van der Waals surface area contributed by atoms with E-state index in [9.17, 15) is 4.79 Å². The van der Waals surface area contributed by atoms with Gasteiger partial charge >= 0.3 is 0 Å². The molecule has 1 aromatic carbocycles. The van der Waals surface area contributed by atoms with Crippen LogP contribution in [0.4, 0.5) is 11.5 Å². The highest BCUT2D eigenvalue weighted by Crippen LogP contribution is 2.24. The van der Waals surface area contributed by atoms with Gasteiger partial charge in [-0.3, -0.25) is 4.79 Å². The van der Waals surface area contributed by atoms with E-state index in [4.69, 9.17) is 0 Å². The minimum atomic E-state index is -0.147. The molecule has 2 aromatic rings. The number of carbonyl (C=O) groups is 1. The number of benzene rings is 1. The Bertz CT molecular complexity index is 678. The second-order valence-electron chi connectivity index (χ2n) is 5.62. The fourth-order valence-corrected chi connectivity index (χ4v) is 2.33. The first-order valence-corrected chi connectivity index (χ1v) is 7.65. The van der Waals surface area contributed by atoms with Crippen LogP contribution in [0.3, 0.4) is 0 Å². The van der Waals surface area contributed by atoms with Gasteiger partial charge in [0.15, 0.2) is 0 Å². The van der Waals surface area contributed by atoms with Gasteiger partial charge in [0, 0.05) is 11.7 Å². The van der Waals surface area contributed by atoms with Crippen molar-refractivity contribution in [1.29, 1.82) is 0 Å². The van der Waals surface area contributed by atoms with Crippen molar-refractivity contribution < 1.29 is 4.79 Å². The second-order valence-corrected chi connectivity index (χ2v) is 5.62. The molecule has 1 aliphatic carbocycles. The van der Waals surface area contributed by atoms with E-state index in [-0.39, 0.29) is 5.91 Å². The van der Waals surface area contributed by atoms with Gasteiger partial charge in [0.2, 0.25) is 0 Å². The lowest BCUT2D eigenvalue weighted by Gasteiger charge is -2.13. The number of anilines is 2. The van der Waals surface area contributed by atoms with E-state index in [1.165, 1.54) is 11.8 Å². The molecule has 0 bridgehead atoms. The van der Waals surface area contributed by atoms with Gasteiger partial charge in [-0.2, -0.15) is 0 Å². The zero-order chi connectivity index (χ0) is 15.5.